The lowest BCUT2D eigenvalue weighted by Gasteiger charge is -2.26. The SMILES string of the molecule is COc1ccc(N2C(=NC(=O)Cc3ccccc3OC)S[C@@H]3CS(=O)(=O)C[C@H]32)c(OC)c1. The Morgan fingerprint density at radius 2 is 1.81 bits per heavy atom. The molecule has 0 bridgehead atoms. The predicted molar refractivity (Wildman–Crippen MR) is 125 cm³/mol. The molecule has 0 aliphatic carbocycles. The number of carbonyl (C=O) groups excluding carboxylic acids is 1. The quantitative estimate of drug-likeness (QED) is 0.628. The smallest absolute Gasteiger partial charge is 0.252 e. The largest absolute Gasteiger partial charge is 0.497 e. The van der Waals surface area contributed by atoms with Gasteiger partial charge < -0.3 is 19.1 Å². The van der Waals surface area contributed by atoms with E-state index in [1.165, 1.54) is 18.9 Å². The fourth-order valence-electron chi connectivity index (χ4n) is 3.99. The van der Waals surface area contributed by atoms with Crippen LogP contribution in [0.1, 0.15) is 5.56 Å². The molecule has 8 nitrogen and oxygen atoms in total. The summed E-state index contributed by atoms with van der Waals surface area (Å²) in [6.07, 6.45) is 0.0787. The number of amidine groups is 1. The summed E-state index contributed by atoms with van der Waals surface area (Å²) in [5.74, 6) is 1.46. The van der Waals surface area contributed by atoms with Gasteiger partial charge in [0.15, 0.2) is 15.0 Å². The van der Waals surface area contributed by atoms with Gasteiger partial charge in [-0.2, -0.15) is 4.99 Å². The third-order valence-corrected chi connectivity index (χ3v) is 8.68. The normalized spacial score (nSPS) is 22.6. The molecule has 2 aliphatic rings. The number of methoxy groups -OCH3 is 3. The first-order chi connectivity index (χ1) is 15.3. The van der Waals surface area contributed by atoms with Gasteiger partial charge in [0.1, 0.15) is 17.2 Å². The molecule has 2 saturated heterocycles. The van der Waals surface area contributed by atoms with Crippen LogP contribution in [0.15, 0.2) is 47.5 Å². The van der Waals surface area contributed by atoms with Gasteiger partial charge >= 0.3 is 0 Å². The van der Waals surface area contributed by atoms with Crippen LogP contribution in [0.25, 0.3) is 0 Å². The minimum absolute atomic E-state index is 0.000428. The minimum atomic E-state index is -3.17. The van der Waals surface area contributed by atoms with E-state index >= 15 is 0 Å². The fourth-order valence-corrected chi connectivity index (χ4v) is 7.91. The molecule has 2 aliphatic heterocycles. The summed E-state index contributed by atoms with van der Waals surface area (Å²) in [7, 11) is 1.48. The van der Waals surface area contributed by atoms with Crippen LogP contribution in [0.2, 0.25) is 0 Å². The molecule has 2 aromatic carbocycles. The van der Waals surface area contributed by atoms with Gasteiger partial charge in [-0.05, 0) is 18.2 Å². The van der Waals surface area contributed by atoms with Crippen molar-refractivity contribution in [3.05, 3.63) is 48.0 Å². The zero-order valence-corrected chi connectivity index (χ0v) is 19.6. The van der Waals surface area contributed by atoms with Crippen LogP contribution in [0.4, 0.5) is 5.69 Å². The molecule has 4 rings (SSSR count). The monoisotopic (exact) mass is 476 g/mol. The van der Waals surface area contributed by atoms with Crippen LogP contribution < -0.4 is 19.1 Å². The van der Waals surface area contributed by atoms with Crippen molar-refractivity contribution >= 4 is 38.4 Å². The zero-order chi connectivity index (χ0) is 22.9. The second-order valence-electron chi connectivity index (χ2n) is 7.49. The second kappa shape index (κ2) is 9.03. The van der Waals surface area contributed by atoms with Gasteiger partial charge in [-0.15, -0.1) is 0 Å². The molecule has 32 heavy (non-hydrogen) atoms. The van der Waals surface area contributed by atoms with Gasteiger partial charge in [0, 0.05) is 16.9 Å². The standard InChI is InChI=1S/C22H24N2O6S2/c1-28-15-8-9-16(19(11-15)30-3)24-17-12-32(26,27)13-20(17)31-22(24)23-21(25)10-14-6-4-5-7-18(14)29-2/h4-9,11,17,20H,10,12-13H2,1-3H3/t17-,20-/m1/s1. The molecule has 0 N–H and O–H groups in total. The van der Waals surface area contributed by atoms with Crippen molar-refractivity contribution in [1.82, 2.24) is 0 Å². The van der Waals surface area contributed by atoms with E-state index in [0.717, 1.165) is 5.56 Å². The highest BCUT2D eigenvalue weighted by atomic mass is 32.2. The van der Waals surface area contributed by atoms with E-state index in [4.69, 9.17) is 14.2 Å². The van der Waals surface area contributed by atoms with E-state index in [2.05, 4.69) is 4.99 Å². The van der Waals surface area contributed by atoms with E-state index in [9.17, 15) is 13.2 Å². The van der Waals surface area contributed by atoms with Crippen LogP contribution in [-0.4, -0.2) is 63.6 Å². The molecule has 170 valence electrons. The summed E-state index contributed by atoms with van der Waals surface area (Å²) in [5, 5.41) is 0.267. The van der Waals surface area contributed by atoms with Gasteiger partial charge in [0.25, 0.3) is 5.91 Å². The van der Waals surface area contributed by atoms with Crippen LogP contribution in [0, 0.1) is 0 Å². The molecule has 10 heteroatoms. The lowest BCUT2D eigenvalue weighted by molar-refractivity contribution is -0.117. The molecule has 0 radical (unpaired) electrons. The number of sulfone groups is 1. The van der Waals surface area contributed by atoms with Gasteiger partial charge in [0.2, 0.25) is 0 Å². The minimum Gasteiger partial charge on any atom is -0.497 e. The molecule has 0 saturated carbocycles. The van der Waals surface area contributed by atoms with Crippen LogP contribution in [-0.2, 0) is 21.1 Å². The van der Waals surface area contributed by atoms with E-state index in [0.29, 0.717) is 28.1 Å². The second-order valence-corrected chi connectivity index (χ2v) is 10.8. The van der Waals surface area contributed by atoms with Crippen LogP contribution >= 0.6 is 11.8 Å². The van der Waals surface area contributed by atoms with Crippen LogP contribution in [0.3, 0.4) is 0 Å². The Kier molecular flexibility index (Phi) is 6.34. The number of amides is 1. The Morgan fingerprint density at radius 1 is 1.06 bits per heavy atom. The number of benzene rings is 2. The van der Waals surface area contributed by atoms with Gasteiger partial charge in [-0.25, -0.2) is 8.42 Å². The number of fused-ring (bicyclic) bond motifs is 1. The highest BCUT2D eigenvalue weighted by Gasteiger charge is 2.50. The summed E-state index contributed by atoms with van der Waals surface area (Å²) in [6.45, 7) is 0. The number of carbonyl (C=O) groups is 1. The van der Waals surface area contributed by atoms with Gasteiger partial charge in [-0.1, -0.05) is 30.0 Å². The summed E-state index contributed by atoms with van der Waals surface area (Å²) in [6, 6.07) is 12.3. The Balaban J connectivity index is 1.70. The molecular weight excluding hydrogens is 452 g/mol. The molecule has 0 spiro atoms. The molecule has 2 heterocycles. The van der Waals surface area contributed by atoms with Crippen molar-refractivity contribution in [2.75, 3.05) is 37.7 Å². The van der Waals surface area contributed by atoms with Crippen molar-refractivity contribution in [2.45, 2.75) is 17.7 Å². The highest BCUT2D eigenvalue weighted by Crippen LogP contribution is 2.44. The molecular formula is C22H24N2O6S2. The van der Waals surface area contributed by atoms with Crippen molar-refractivity contribution in [3.8, 4) is 17.2 Å². The van der Waals surface area contributed by atoms with E-state index < -0.39 is 9.84 Å². The number of rotatable bonds is 6. The molecule has 0 unspecified atom stereocenters. The number of thioether (sulfide) groups is 1. The number of anilines is 1. The maximum absolute atomic E-state index is 12.9. The highest BCUT2D eigenvalue weighted by molar-refractivity contribution is 8.16. The first-order valence-corrected chi connectivity index (χ1v) is 12.7. The lowest BCUT2D eigenvalue weighted by Crippen LogP contribution is -2.38. The van der Waals surface area contributed by atoms with Crippen LogP contribution in [0.5, 0.6) is 17.2 Å². The van der Waals surface area contributed by atoms with Crippen molar-refractivity contribution in [1.29, 1.82) is 0 Å². The topological polar surface area (TPSA) is 94.5 Å². The predicted octanol–water partition coefficient (Wildman–Crippen LogP) is 2.56. The van der Waals surface area contributed by atoms with Crippen molar-refractivity contribution < 1.29 is 27.4 Å². The first-order valence-electron chi connectivity index (χ1n) is 9.97. The van der Waals surface area contributed by atoms with E-state index in [-0.39, 0.29) is 35.1 Å². The average molecular weight is 477 g/mol. The molecule has 2 fully saturated rings. The zero-order valence-electron chi connectivity index (χ0n) is 18.0. The third kappa shape index (κ3) is 4.42. The Hall–Kier alpha value is -2.72. The van der Waals surface area contributed by atoms with Crippen molar-refractivity contribution in [3.63, 3.8) is 0 Å². The van der Waals surface area contributed by atoms with Crippen molar-refractivity contribution in [2.24, 2.45) is 4.99 Å². The summed E-state index contributed by atoms with van der Waals surface area (Å²) in [5.41, 5.74) is 1.39. The molecule has 2 atom stereocenters. The summed E-state index contributed by atoms with van der Waals surface area (Å²) in [4.78, 5) is 19.1. The maximum atomic E-state index is 12.9. The maximum Gasteiger partial charge on any atom is 0.252 e. The molecule has 2 aromatic rings. The first kappa shape index (κ1) is 22.5. The number of para-hydroxylation sites is 1. The third-order valence-electron chi connectivity index (χ3n) is 5.47. The molecule has 1 amide bonds. The molecule has 0 aromatic heterocycles. The summed E-state index contributed by atoms with van der Waals surface area (Å²) >= 11 is 1.32. The fraction of sp³-hybridized carbons (Fsp3) is 0.364. The van der Waals surface area contributed by atoms with E-state index in [1.807, 2.05) is 23.1 Å². The van der Waals surface area contributed by atoms with Gasteiger partial charge in [-0.3, -0.25) is 4.79 Å². The number of hydrogen-bond donors (Lipinski definition) is 0. The Bertz CT molecular complexity index is 1160. The summed E-state index contributed by atoms with van der Waals surface area (Å²) < 4.78 is 40.8. The van der Waals surface area contributed by atoms with E-state index in [1.54, 1.807) is 38.5 Å². The number of hydrogen-bond acceptors (Lipinski definition) is 7. The number of ether oxygens (including phenoxy) is 3. The number of nitrogens with zero attached hydrogens (tertiary/aromatic N) is 2. The Labute approximate surface area is 191 Å². The number of aliphatic imine (C=N–C) groups is 1. The lowest BCUT2D eigenvalue weighted by atomic mass is 10.1. The average Bonchev–Trinajstić information content (AvgIpc) is 3.24. The Morgan fingerprint density at radius 3 is 2.53 bits per heavy atom. The van der Waals surface area contributed by atoms with Gasteiger partial charge in [0.05, 0.1) is 51.0 Å².